The van der Waals surface area contributed by atoms with Crippen LogP contribution in [0.4, 0.5) is 5.13 Å². The fourth-order valence-corrected chi connectivity index (χ4v) is 4.12. The standard InChI is InChI=1S/C13H12BrN3S2/c14-12-4-2-9(18-12)7-16-6-8-1-3-10-11(5-8)19-13(15)17-10/h1-5,16H,6-7H2,(H2,15,17). The summed E-state index contributed by atoms with van der Waals surface area (Å²) >= 11 is 6.76. The summed E-state index contributed by atoms with van der Waals surface area (Å²) < 4.78 is 2.32. The minimum atomic E-state index is 0.628. The molecule has 0 saturated carbocycles. The Bertz CT molecular complexity index is 705. The van der Waals surface area contributed by atoms with Crippen LogP contribution >= 0.6 is 38.6 Å². The number of nitrogen functional groups attached to an aromatic ring is 1. The van der Waals surface area contributed by atoms with E-state index in [1.54, 1.807) is 11.3 Å². The molecule has 19 heavy (non-hydrogen) atoms. The van der Waals surface area contributed by atoms with Gasteiger partial charge in [-0.3, -0.25) is 0 Å². The fraction of sp³-hybridized carbons (Fsp3) is 0.154. The zero-order chi connectivity index (χ0) is 13.2. The maximum Gasteiger partial charge on any atom is 0.181 e. The first-order valence-electron chi connectivity index (χ1n) is 5.80. The van der Waals surface area contributed by atoms with Crippen molar-refractivity contribution in [2.45, 2.75) is 13.1 Å². The molecule has 3 aromatic rings. The Kier molecular flexibility index (Phi) is 3.83. The number of hydrogen-bond acceptors (Lipinski definition) is 5. The number of aromatic nitrogens is 1. The van der Waals surface area contributed by atoms with Crippen LogP contribution in [0.25, 0.3) is 10.2 Å². The van der Waals surface area contributed by atoms with Crippen molar-refractivity contribution in [3.05, 3.63) is 44.6 Å². The molecule has 0 bridgehead atoms. The molecule has 0 aliphatic rings. The molecule has 3 N–H and O–H groups in total. The Labute approximate surface area is 127 Å². The number of halogens is 1. The molecule has 2 aromatic heterocycles. The van der Waals surface area contributed by atoms with Gasteiger partial charge in [0.1, 0.15) is 0 Å². The first kappa shape index (κ1) is 13.1. The summed E-state index contributed by atoms with van der Waals surface area (Å²) in [5.41, 5.74) is 7.94. The Morgan fingerprint density at radius 2 is 2.05 bits per heavy atom. The number of nitrogens with zero attached hydrogens (tertiary/aromatic N) is 1. The molecule has 0 aliphatic heterocycles. The van der Waals surface area contributed by atoms with Crippen molar-refractivity contribution in [2.75, 3.05) is 5.73 Å². The summed E-state index contributed by atoms with van der Waals surface area (Å²) in [5.74, 6) is 0. The van der Waals surface area contributed by atoms with E-state index in [9.17, 15) is 0 Å². The van der Waals surface area contributed by atoms with Gasteiger partial charge in [-0.15, -0.1) is 11.3 Å². The van der Waals surface area contributed by atoms with Crippen molar-refractivity contribution in [3.63, 3.8) is 0 Å². The minimum absolute atomic E-state index is 0.628. The molecule has 0 amide bonds. The van der Waals surface area contributed by atoms with Gasteiger partial charge in [-0.25, -0.2) is 4.98 Å². The molecule has 0 spiro atoms. The van der Waals surface area contributed by atoms with Gasteiger partial charge in [-0.1, -0.05) is 17.4 Å². The Hall–Kier alpha value is -0.950. The molecule has 1 aromatic carbocycles. The largest absolute Gasteiger partial charge is 0.375 e. The van der Waals surface area contributed by atoms with Crippen LogP contribution in [0.1, 0.15) is 10.4 Å². The summed E-state index contributed by atoms with van der Waals surface area (Å²) in [7, 11) is 0. The molecule has 0 fully saturated rings. The van der Waals surface area contributed by atoms with Crippen LogP contribution in [0.3, 0.4) is 0 Å². The van der Waals surface area contributed by atoms with E-state index in [2.05, 4.69) is 50.5 Å². The third-order valence-corrected chi connectivity index (χ3v) is 5.20. The zero-order valence-electron chi connectivity index (χ0n) is 10.0. The molecule has 2 heterocycles. The van der Waals surface area contributed by atoms with Crippen molar-refractivity contribution in [3.8, 4) is 0 Å². The number of thiazole rings is 1. The predicted octanol–water partition coefficient (Wildman–Crippen LogP) is 3.99. The third kappa shape index (κ3) is 3.14. The summed E-state index contributed by atoms with van der Waals surface area (Å²) in [6.45, 7) is 1.74. The molecule has 3 rings (SSSR count). The van der Waals surface area contributed by atoms with Gasteiger partial charge in [0.2, 0.25) is 0 Å². The number of hydrogen-bond donors (Lipinski definition) is 2. The second-order valence-electron chi connectivity index (χ2n) is 4.16. The van der Waals surface area contributed by atoms with Gasteiger partial charge in [-0.2, -0.15) is 0 Å². The van der Waals surface area contributed by atoms with Crippen LogP contribution in [0.5, 0.6) is 0 Å². The van der Waals surface area contributed by atoms with Crippen molar-refractivity contribution in [2.24, 2.45) is 0 Å². The number of thiophene rings is 1. The lowest BCUT2D eigenvalue weighted by Crippen LogP contribution is -2.11. The quantitative estimate of drug-likeness (QED) is 0.745. The Balaban J connectivity index is 1.64. The second kappa shape index (κ2) is 5.58. The summed E-state index contributed by atoms with van der Waals surface area (Å²) in [6, 6.07) is 10.5. The predicted molar refractivity (Wildman–Crippen MR) is 86.6 cm³/mol. The van der Waals surface area contributed by atoms with Gasteiger partial charge in [-0.05, 0) is 45.8 Å². The lowest BCUT2D eigenvalue weighted by molar-refractivity contribution is 0.701. The highest BCUT2D eigenvalue weighted by Gasteiger charge is 2.02. The first-order valence-corrected chi connectivity index (χ1v) is 8.23. The number of rotatable bonds is 4. The summed E-state index contributed by atoms with van der Waals surface area (Å²) in [5, 5.41) is 4.07. The van der Waals surface area contributed by atoms with Crippen LogP contribution in [-0.2, 0) is 13.1 Å². The van der Waals surface area contributed by atoms with E-state index < -0.39 is 0 Å². The molecule has 0 aliphatic carbocycles. The van der Waals surface area contributed by atoms with Gasteiger partial charge in [0, 0.05) is 18.0 Å². The maximum atomic E-state index is 5.71. The van der Waals surface area contributed by atoms with Crippen molar-refractivity contribution in [1.82, 2.24) is 10.3 Å². The molecule has 3 nitrogen and oxygen atoms in total. The lowest BCUT2D eigenvalue weighted by Gasteiger charge is -2.03. The average molecular weight is 354 g/mol. The number of nitrogens with one attached hydrogen (secondary N) is 1. The van der Waals surface area contributed by atoms with Crippen LogP contribution in [-0.4, -0.2) is 4.98 Å². The van der Waals surface area contributed by atoms with Crippen LogP contribution in [0.2, 0.25) is 0 Å². The highest BCUT2D eigenvalue weighted by molar-refractivity contribution is 9.11. The zero-order valence-corrected chi connectivity index (χ0v) is 13.2. The van der Waals surface area contributed by atoms with E-state index in [0.29, 0.717) is 5.13 Å². The van der Waals surface area contributed by atoms with E-state index in [1.165, 1.54) is 25.6 Å². The van der Waals surface area contributed by atoms with E-state index in [4.69, 9.17) is 5.73 Å². The van der Waals surface area contributed by atoms with Crippen LogP contribution < -0.4 is 11.1 Å². The highest BCUT2D eigenvalue weighted by atomic mass is 79.9. The normalized spacial score (nSPS) is 11.2. The minimum Gasteiger partial charge on any atom is -0.375 e. The van der Waals surface area contributed by atoms with E-state index in [-0.39, 0.29) is 0 Å². The fourth-order valence-electron chi connectivity index (χ4n) is 1.87. The van der Waals surface area contributed by atoms with Gasteiger partial charge < -0.3 is 11.1 Å². The van der Waals surface area contributed by atoms with Gasteiger partial charge in [0.05, 0.1) is 14.0 Å². The van der Waals surface area contributed by atoms with Crippen molar-refractivity contribution >= 4 is 54.0 Å². The molecule has 0 radical (unpaired) electrons. The molecule has 98 valence electrons. The Morgan fingerprint density at radius 1 is 1.16 bits per heavy atom. The molecule has 0 atom stereocenters. The first-order chi connectivity index (χ1) is 9.20. The molecule has 6 heteroatoms. The average Bonchev–Trinajstić information content (AvgIpc) is 2.94. The maximum absolute atomic E-state index is 5.71. The van der Waals surface area contributed by atoms with Gasteiger partial charge in [0.15, 0.2) is 5.13 Å². The molecule has 0 saturated heterocycles. The second-order valence-corrected chi connectivity index (χ2v) is 7.77. The summed E-state index contributed by atoms with van der Waals surface area (Å²) in [6.07, 6.45) is 0. The molecule has 0 unspecified atom stereocenters. The van der Waals surface area contributed by atoms with E-state index in [1.807, 2.05) is 6.07 Å². The Morgan fingerprint density at radius 3 is 2.84 bits per heavy atom. The smallest absolute Gasteiger partial charge is 0.181 e. The third-order valence-electron chi connectivity index (χ3n) is 2.73. The molecular weight excluding hydrogens is 342 g/mol. The summed E-state index contributed by atoms with van der Waals surface area (Å²) in [4.78, 5) is 5.59. The topological polar surface area (TPSA) is 50.9 Å². The number of anilines is 1. The van der Waals surface area contributed by atoms with Crippen molar-refractivity contribution < 1.29 is 0 Å². The van der Waals surface area contributed by atoms with Gasteiger partial charge in [0.25, 0.3) is 0 Å². The van der Waals surface area contributed by atoms with Crippen molar-refractivity contribution in [1.29, 1.82) is 0 Å². The SMILES string of the molecule is Nc1nc2ccc(CNCc3ccc(Br)s3)cc2s1. The number of benzene rings is 1. The monoisotopic (exact) mass is 353 g/mol. The number of nitrogens with two attached hydrogens (primary N) is 1. The highest BCUT2D eigenvalue weighted by Crippen LogP contribution is 2.25. The molecular formula is C13H12BrN3S2. The van der Waals surface area contributed by atoms with Crippen LogP contribution in [0.15, 0.2) is 34.1 Å². The number of fused-ring (bicyclic) bond motifs is 1. The lowest BCUT2D eigenvalue weighted by atomic mass is 10.2. The van der Waals surface area contributed by atoms with Gasteiger partial charge >= 0.3 is 0 Å². The van der Waals surface area contributed by atoms with E-state index in [0.717, 1.165) is 23.3 Å². The van der Waals surface area contributed by atoms with E-state index >= 15 is 0 Å². The van der Waals surface area contributed by atoms with Crippen LogP contribution in [0, 0.1) is 0 Å².